The minimum atomic E-state index is -3.92. The first-order valence-corrected chi connectivity index (χ1v) is 10.4. The van der Waals surface area contributed by atoms with Gasteiger partial charge in [0.2, 0.25) is 0 Å². The zero-order valence-electron chi connectivity index (χ0n) is 14.9. The third kappa shape index (κ3) is 3.47. The lowest BCUT2D eigenvalue weighted by Gasteiger charge is -2.13. The molecule has 0 fully saturated rings. The first-order valence-electron chi connectivity index (χ1n) is 8.88. The number of hydrogen-bond donors (Lipinski definition) is 1. The van der Waals surface area contributed by atoms with Crippen LogP contribution in [0.25, 0.3) is 11.3 Å². The minimum Gasteiger partial charge on any atom is -0.334 e. The van der Waals surface area contributed by atoms with Crippen molar-refractivity contribution in [2.75, 3.05) is 4.72 Å². The van der Waals surface area contributed by atoms with Gasteiger partial charge in [-0.05, 0) is 43.5 Å². The van der Waals surface area contributed by atoms with Crippen LogP contribution in [0.2, 0.25) is 0 Å². The summed E-state index contributed by atoms with van der Waals surface area (Å²) in [7, 11) is -3.92. The Morgan fingerprint density at radius 2 is 1.96 bits per heavy atom. The molecule has 0 saturated carbocycles. The molecular weight excluding hydrogens is 365 g/mol. The summed E-state index contributed by atoms with van der Waals surface area (Å²) in [5.74, 6) is 0.436. The van der Waals surface area contributed by atoms with Gasteiger partial charge >= 0.3 is 0 Å². The van der Waals surface area contributed by atoms with Crippen molar-refractivity contribution in [2.45, 2.75) is 37.6 Å². The van der Waals surface area contributed by atoms with E-state index < -0.39 is 15.8 Å². The molecule has 1 aliphatic rings. The van der Waals surface area contributed by atoms with Gasteiger partial charge in [0.1, 0.15) is 11.6 Å². The number of aryl methyl sites for hydroxylation is 3. The fraction of sp³-hybridized carbons (Fsp3) is 0.250. The van der Waals surface area contributed by atoms with E-state index in [1.807, 2.05) is 18.3 Å². The first kappa shape index (κ1) is 17.7. The molecule has 27 heavy (non-hydrogen) atoms. The molecule has 0 aliphatic carbocycles. The van der Waals surface area contributed by atoms with Gasteiger partial charge in [0.05, 0.1) is 16.3 Å². The van der Waals surface area contributed by atoms with Crippen LogP contribution < -0.4 is 4.72 Å². The van der Waals surface area contributed by atoms with Gasteiger partial charge in [-0.2, -0.15) is 0 Å². The fourth-order valence-corrected chi connectivity index (χ4v) is 4.74. The Hall–Kier alpha value is -2.67. The van der Waals surface area contributed by atoms with Gasteiger partial charge in [-0.1, -0.05) is 24.3 Å². The predicted octanol–water partition coefficient (Wildman–Crippen LogP) is 4.13. The fourth-order valence-electron chi connectivity index (χ4n) is 3.40. The van der Waals surface area contributed by atoms with Crippen LogP contribution in [0.15, 0.2) is 53.6 Å². The smallest absolute Gasteiger partial charge is 0.262 e. The number of nitrogens with zero attached hydrogens (tertiary/aromatic N) is 2. The normalized spacial score (nSPS) is 14.0. The van der Waals surface area contributed by atoms with Crippen LogP contribution in [-0.4, -0.2) is 18.0 Å². The highest BCUT2D eigenvalue weighted by Gasteiger charge is 2.21. The average Bonchev–Trinajstić information content (AvgIpc) is 3.07. The molecular formula is C20H20FN3O2S. The number of nitrogens with one attached hydrogen (secondary N) is 1. The molecule has 2 heterocycles. The number of benzene rings is 2. The van der Waals surface area contributed by atoms with Gasteiger partial charge in [0.25, 0.3) is 10.0 Å². The van der Waals surface area contributed by atoms with E-state index in [0.717, 1.165) is 43.4 Å². The highest BCUT2D eigenvalue weighted by atomic mass is 32.2. The van der Waals surface area contributed by atoms with Crippen LogP contribution in [-0.2, 0) is 23.0 Å². The first-order chi connectivity index (χ1) is 12.9. The molecule has 0 atom stereocenters. The Bertz CT molecular complexity index is 1080. The molecule has 7 heteroatoms. The SMILES string of the molecule is Cc1ccc(F)cc1S(=O)(=O)Nc1ccccc1-c1cn2c(n1)CCCC2. The number of imidazole rings is 1. The predicted molar refractivity (Wildman–Crippen MR) is 103 cm³/mol. The largest absolute Gasteiger partial charge is 0.334 e. The van der Waals surface area contributed by atoms with Crippen molar-refractivity contribution in [3.05, 3.63) is 65.9 Å². The molecule has 0 bridgehead atoms. The molecule has 4 rings (SSSR count). The quantitative estimate of drug-likeness (QED) is 0.734. The number of sulfonamides is 1. The van der Waals surface area contributed by atoms with E-state index in [-0.39, 0.29) is 4.90 Å². The van der Waals surface area contributed by atoms with Crippen molar-refractivity contribution in [1.82, 2.24) is 9.55 Å². The Kier molecular flexibility index (Phi) is 4.47. The zero-order valence-corrected chi connectivity index (χ0v) is 15.8. The molecule has 3 aromatic rings. The van der Waals surface area contributed by atoms with Crippen LogP contribution in [0.4, 0.5) is 10.1 Å². The number of halogens is 1. The van der Waals surface area contributed by atoms with E-state index in [1.54, 1.807) is 19.1 Å². The summed E-state index contributed by atoms with van der Waals surface area (Å²) in [6.07, 6.45) is 5.13. The number of fused-ring (bicyclic) bond motifs is 1. The monoisotopic (exact) mass is 385 g/mol. The van der Waals surface area contributed by atoms with E-state index in [4.69, 9.17) is 0 Å². The van der Waals surface area contributed by atoms with Crippen molar-refractivity contribution < 1.29 is 12.8 Å². The number of aromatic nitrogens is 2. The van der Waals surface area contributed by atoms with E-state index in [1.165, 1.54) is 12.1 Å². The Labute approximate surface area is 157 Å². The van der Waals surface area contributed by atoms with Crippen LogP contribution >= 0.6 is 0 Å². The van der Waals surface area contributed by atoms with E-state index in [2.05, 4.69) is 14.3 Å². The summed E-state index contributed by atoms with van der Waals surface area (Å²) in [6, 6.07) is 10.9. The lowest BCUT2D eigenvalue weighted by molar-refractivity contribution is 0.522. The minimum absolute atomic E-state index is 0.0681. The van der Waals surface area contributed by atoms with Crippen molar-refractivity contribution in [2.24, 2.45) is 0 Å². The maximum atomic E-state index is 13.6. The molecule has 0 saturated heterocycles. The molecule has 0 radical (unpaired) electrons. The second-order valence-electron chi connectivity index (χ2n) is 6.75. The van der Waals surface area contributed by atoms with Crippen LogP contribution in [0.5, 0.6) is 0 Å². The van der Waals surface area contributed by atoms with Gasteiger partial charge in [-0.25, -0.2) is 17.8 Å². The highest BCUT2D eigenvalue weighted by molar-refractivity contribution is 7.92. The molecule has 1 aromatic heterocycles. The summed E-state index contributed by atoms with van der Waals surface area (Å²) in [5, 5.41) is 0. The van der Waals surface area contributed by atoms with Gasteiger partial charge in [0.15, 0.2) is 0 Å². The Morgan fingerprint density at radius 1 is 1.15 bits per heavy atom. The second-order valence-corrected chi connectivity index (χ2v) is 8.40. The Balaban J connectivity index is 1.73. The van der Waals surface area contributed by atoms with Crippen LogP contribution in [0, 0.1) is 12.7 Å². The standard InChI is InChI=1S/C20H20FN3O2S/c1-14-9-10-15(21)12-19(14)27(25,26)23-17-7-3-2-6-16(17)18-13-24-11-5-4-8-20(24)22-18/h2-3,6-7,9-10,12-13,23H,4-5,8,11H2,1H3. The summed E-state index contributed by atoms with van der Waals surface area (Å²) in [4.78, 5) is 4.62. The van der Waals surface area contributed by atoms with E-state index in [9.17, 15) is 12.8 Å². The third-order valence-corrected chi connectivity index (χ3v) is 6.30. The molecule has 140 valence electrons. The topological polar surface area (TPSA) is 64.0 Å². The Morgan fingerprint density at radius 3 is 2.78 bits per heavy atom. The molecule has 0 amide bonds. The van der Waals surface area contributed by atoms with E-state index in [0.29, 0.717) is 16.8 Å². The van der Waals surface area contributed by atoms with Gasteiger partial charge < -0.3 is 4.57 Å². The van der Waals surface area contributed by atoms with Crippen molar-refractivity contribution in [3.63, 3.8) is 0 Å². The van der Waals surface area contributed by atoms with E-state index >= 15 is 0 Å². The number of rotatable bonds is 4. The molecule has 0 unspecified atom stereocenters. The maximum absolute atomic E-state index is 13.6. The van der Waals surface area contributed by atoms with Crippen molar-refractivity contribution in [1.29, 1.82) is 0 Å². The van der Waals surface area contributed by atoms with Gasteiger partial charge in [-0.3, -0.25) is 4.72 Å². The average molecular weight is 385 g/mol. The zero-order chi connectivity index (χ0) is 19.0. The number of anilines is 1. The lowest BCUT2D eigenvalue weighted by Crippen LogP contribution is -2.15. The lowest BCUT2D eigenvalue weighted by atomic mass is 10.1. The molecule has 1 N–H and O–H groups in total. The molecule has 2 aromatic carbocycles. The summed E-state index contributed by atoms with van der Waals surface area (Å²) < 4.78 is 44.0. The summed E-state index contributed by atoms with van der Waals surface area (Å²) >= 11 is 0. The highest BCUT2D eigenvalue weighted by Crippen LogP contribution is 2.31. The van der Waals surface area contributed by atoms with Crippen molar-refractivity contribution >= 4 is 15.7 Å². The summed E-state index contributed by atoms with van der Waals surface area (Å²) in [5.41, 5.74) is 2.36. The second kappa shape index (κ2) is 6.81. The van der Waals surface area contributed by atoms with Gasteiger partial charge in [0, 0.05) is 24.7 Å². The molecule has 5 nitrogen and oxygen atoms in total. The number of para-hydroxylation sites is 1. The number of hydrogen-bond acceptors (Lipinski definition) is 3. The molecule has 1 aliphatic heterocycles. The van der Waals surface area contributed by atoms with Crippen LogP contribution in [0.1, 0.15) is 24.2 Å². The maximum Gasteiger partial charge on any atom is 0.262 e. The van der Waals surface area contributed by atoms with Crippen molar-refractivity contribution in [3.8, 4) is 11.3 Å². The van der Waals surface area contributed by atoms with Gasteiger partial charge in [-0.15, -0.1) is 0 Å². The molecule has 0 spiro atoms. The third-order valence-electron chi connectivity index (χ3n) is 4.80. The summed E-state index contributed by atoms with van der Waals surface area (Å²) in [6.45, 7) is 2.57. The van der Waals surface area contributed by atoms with Crippen LogP contribution in [0.3, 0.4) is 0 Å².